The number of para-hydroxylation sites is 1. The van der Waals surface area contributed by atoms with Crippen molar-refractivity contribution in [3.05, 3.63) is 105 Å². The van der Waals surface area contributed by atoms with E-state index in [2.05, 4.69) is 0 Å². The summed E-state index contributed by atoms with van der Waals surface area (Å²) in [5.74, 6) is 0.440. The predicted octanol–water partition coefficient (Wildman–Crippen LogP) is 7.65. The molecule has 37 heavy (non-hydrogen) atoms. The summed E-state index contributed by atoms with van der Waals surface area (Å²) >= 11 is 19.6. The first-order chi connectivity index (χ1) is 17.9. The molecule has 5 nitrogen and oxygen atoms in total. The number of hydrogen-bond donors (Lipinski definition) is 0. The number of nitrogens with zero attached hydrogens (tertiary/aromatic N) is 3. The standard InChI is InChI=1S/C28H21Cl2N3O2S2/c1-2-35-24-13-12-18(14-23(24)30)26-20(17-33(31-26)21-9-4-3-5-10-21)15-25-27(34)32(28(36)37-25)16-19-8-6-7-11-22(19)29/h3-15,17H,2,16H2,1H3/b25-15-. The van der Waals surface area contributed by atoms with Crippen molar-refractivity contribution in [2.45, 2.75) is 13.5 Å². The molecule has 0 unspecified atom stereocenters. The van der Waals surface area contributed by atoms with Crippen molar-refractivity contribution in [1.29, 1.82) is 0 Å². The lowest BCUT2D eigenvalue weighted by atomic mass is 10.1. The number of thiocarbonyl (C=S) groups is 1. The molecule has 1 aliphatic heterocycles. The smallest absolute Gasteiger partial charge is 0.266 e. The van der Waals surface area contributed by atoms with Gasteiger partial charge in [0.2, 0.25) is 0 Å². The van der Waals surface area contributed by atoms with Gasteiger partial charge in [0.1, 0.15) is 15.8 Å². The van der Waals surface area contributed by atoms with Gasteiger partial charge >= 0.3 is 0 Å². The minimum Gasteiger partial charge on any atom is -0.492 e. The maximum absolute atomic E-state index is 13.4. The number of ether oxygens (including phenoxy) is 1. The molecule has 0 spiro atoms. The summed E-state index contributed by atoms with van der Waals surface area (Å²) in [6.45, 7) is 2.74. The van der Waals surface area contributed by atoms with Gasteiger partial charge in [-0.3, -0.25) is 9.69 Å². The SMILES string of the molecule is CCOc1ccc(-c2nn(-c3ccccc3)cc2/C=C2\SC(=S)N(Cc3ccccc3Cl)C2=O)cc1Cl. The fourth-order valence-corrected chi connectivity index (χ4v) is 5.60. The minimum absolute atomic E-state index is 0.168. The maximum Gasteiger partial charge on any atom is 0.266 e. The molecule has 4 aromatic rings. The minimum atomic E-state index is -0.168. The van der Waals surface area contributed by atoms with Crippen LogP contribution in [0.3, 0.4) is 0 Å². The van der Waals surface area contributed by atoms with Gasteiger partial charge in [-0.15, -0.1) is 0 Å². The number of benzene rings is 3. The van der Waals surface area contributed by atoms with E-state index in [9.17, 15) is 4.79 Å². The molecule has 0 bridgehead atoms. The molecule has 0 N–H and O–H groups in total. The third-order valence-electron chi connectivity index (χ3n) is 5.71. The van der Waals surface area contributed by atoms with Crippen molar-refractivity contribution >= 4 is 63.5 Å². The zero-order chi connectivity index (χ0) is 25.9. The third-order valence-corrected chi connectivity index (χ3v) is 7.76. The van der Waals surface area contributed by atoms with Gasteiger partial charge in [-0.1, -0.05) is 83.6 Å². The molecular weight excluding hydrogens is 545 g/mol. The first-order valence-corrected chi connectivity index (χ1v) is 13.5. The molecule has 0 atom stereocenters. The summed E-state index contributed by atoms with van der Waals surface area (Å²) in [5.41, 5.74) is 3.99. The Morgan fingerprint density at radius 2 is 1.78 bits per heavy atom. The summed E-state index contributed by atoms with van der Waals surface area (Å²) in [4.78, 5) is 15.5. The van der Waals surface area contributed by atoms with Crippen LogP contribution in [0.15, 0.2) is 83.9 Å². The quantitative estimate of drug-likeness (QED) is 0.170. The van der Waals surface area contributed by atoms with Gasteiger partial charge in [-0.25, -0.2) is 4.68 Å². The Kier molecular flexibility index (Phi) is 7.67. The highest BCUT2D eigenvalue weighted by molar-refractivity contribution is 8.26. The number of hydrogen-bond acceptors (Lipinski definition) is 5. The highest BCUT2D eigenvalue weighted by Crippen LogP contribution is 2.37. The van der Waals surface area contributed by atoms with Gasteiger partial charge in [0.05, 0.1) is 28.8 Å². The van der Waals surface area contributed by atoms with Crippen molar-refractivity contribution in [2.75, 3.05) is 6.61 Å². The summed E-state index contributed by atoms with van der Waals surface area (Å²) in [5, 5.41) is 5.93. The van der Waals surface area contributed by atoms with Crippen molar-refractivity contribution in [2.24, 2.45) is 0 Å². The fourth-order valence-electron chi connectivity index (χ4n) is 3.93. The second-order valence-corrected chi connectivity index (χ2v) is 10.6. The Morgan fingerprint density at radius 1 is 1.03 bits per heavy atom. The zero-order valence-corrected chi connectivity index (χ0v) is 22.9. The van der Waals surface area contributed by atoms with Gasteiger partial charge in [-0.2, -0.15) is 5.10 Å². The van der Waals surface area contributed by atoms with Gasteiger partial charge in [-0.05, 0) is 55.0 Å². The number of thioether (sulfide) groups is 1. The Bertz CT molecular complexity index is 1520. The normalized spacial score (nSPS) is 14.6. The van der Waals surface area contributed by atoms with E-state index >= 15 is 0 Å². The number of amides is 1. The van der Waals surface area contributed by atoms with Crippen LogP contribution < -0.4 is 4.74 Å². The van der Waals surface area contributed by atoms with Crippen molar-refractivity contribution in [3.8, 4) is 22.7 Å². The molecule has 1 fully saturated rings. The topological polar surface area (TPSA) is 47.4 Å². The molecule has 0 saturated carbocycles. The summed E-state index contributed by atoms with van der Waals surface area (Å²) in [7, 11) is 0. The van der Waals surface area contributed by atoms with Crippen molar-refractivity contribution in [3.63, 3.8) is 0 Å². The molecule has 186 valence electrons. The Morgan fingerprint density at radius 3 is 2.51 bits per heavy atom. The average molecular weight is 567 g/mol. The first-order valence-electron chi connectivity index (χ1n) is 11.5. The molecule has 3 aromatic carbocycles. The Balaban J connectivity index is 1.53. The molecule has 2 heterocycles. The number of halogens is 2. The van der Waals surface area contributed by atoms with Crippen molar-refractivity contribution < 1.29 is 9.53 Å². The second-order valence-electron chi connectivity index (χ2n) is 8.15. The highest BCUT2D eigenvalue weighted by Gasteiger charge is 2.33. The molecule has 0 aliphatic carbocycles. The number of rotatable bonds is 7. The predicted molar refractivity (Wildman–Crippen MR) is 155 cm³/mol. The second kappa shape index (κ2) is 11.1. The lowest BCUT2D eigenvalue weighted by Crippen LogP contribution is -2.27. The molecule has 0 radical (unpaired) electrons. The summed E-state index contributed by atoms with van der Waals surface area (Å²) in [6.07, 6.45) is 3.73. The van der Waals surface area contributed by atoms with E-state index in [-0.39, 0.29) is 5.91 Å². The highest BCUT2D eigenvalue weighted by atomic mass is 35.5. The fraction of sp³-hybridized carbons (Fsp3) is 0.107. The molecule has 1 amide bonds. The molecule has 5 rings (SSSR count). The van der Waals surface area contributed by atoms with Crippen LogP contribution in [0.25, 0.3) is 23.0 Å². The van der Waals surface area contributed by atoms with Gasteiger partial charge in [0.15, 0.2) is 0 Å². The maximum atomic E-state index is 13.4. The van der Waals surface area contributed by atoms with E-state index in [0.29, 0.717) is 43.9 Å². The van der Waals surface area contributed by atoms with Crippen LogP contribution in [0, 0.1) is 0 Å². The lowest BCUT2D eigenvalue weighted by Gasteiger charge is -2.15. The Hall–Kier alpha value is -3.10. The monoisotopic (exact) mass is 565 g/mol. The average Bonchev–Trinajstić information content (AvgIpc) is 3.43. The van der Waals surface area contributed by atoms with E-state index in [1.807, 2.05) is 85.9 Å². The molecule has 1 saturated heterocycles. The van der Waals surface area contributed by atoms with Crippen LogP contribution in [0.1, 0.15) is 18.1 Å². The van der Waals surface area contributed by atoms with Crippen LogP contribution >= 0.6 is 47.2 Å². The summed E-state index contributed by atoms with van der Waals surface area (Å²) in [6, 6.07) is 22.8. The molecule has 1 aliphatic rings. The van der Waals surface area contributed by atoms with Crippen LogP contribution in [-0.4, -0.2) is 31.5 Å². The van der Waals surface area contributed by atoms with Gasteiger partial charge in [0.25, 0.3) is 5.91 Å². The van der Waals surface area contributed by atoms with Crippen LogP contribution in [0.5, 0.6) is 5.75 Å². The first kappa shape index (κ1) is 25.5. The van der Waals surface area contributed by atoms with Crippen LogP contribution in [0.2, 0.25) is 10.0 Å². The van der Waals surface area contributed by atoms with Crippen molar-refractivity contribution in [1.82, 2.24) is 14.7 Å². The molecule has 9 heteroatoms. The zero-order valence-electron chi connectivity index (χ0n) is 19.7. The lowest BCUT2D eigenvalue weighted by molar-refractivity contribution is -0.122. The van der Waals surface area contributed by atoms with E-state index < -0.39 is 0 Å². The molecular formula is C28H21Cl2N3O2S2. The van der Waals surface area contributed by atoms with Gasteiger partial charge < -0.3 is 4.74 Å². The van der Waals surface area contributed by atoms with Crippen LogP contribution in [-0.2, 0) is 11.3 Å². The Labute approximate surface area is 234 Å². The number of carbonyl (C=O) groups excluding carboxylic acids is 1. The third kappa shape index (κ3) is 5.45. The number of aromatic nitrogens is 2. The van der Waals surface area contributed by atoms with E-state index in [1.165, 1.54) is 11.8 Å². The molecule has 1 aromatic heterocycles. The van der Waals surface area contributed by atoms with E-state index in [1.54, 1.807) is 15.6 Å². The van der Waals surface area contributed by atoms with Gasteiger partial charge in [0, 0.05) is 22.3 Å². The van der Waals surface area contributed by atoms with E-state index in [4.69, 9.17) is 45.3 Å². The number of carbonyl (C=O) groups is 1. The van der Waals surface area contributed by atoms with E-state index in [0.717, 1.165) is 22.4 Å². The van der Waals surface area contributed by atoms with Crippen LogP contribution in [0.4, 0.5) is 0 Å². The largest absolute Gasteiger partial charge is 0.492 e. The summed E-state index contributed by atoms with van der Waals surface area (Å²) < 4.78 is 7.86.